The predicted molar refractivity (Wildman–Crippen MR) is 78.4 cm³/mol. The standard InChI is InChI=1S/C12H9Br2N3O/c13-8-1-2-10(9(14)6-8)17-12(18)7-3-4-16-11(15)5-7/h1-6H,(H2,15,16)(H,17,18). The summed E-state index contributed by atoms with van der Waals surface area (Å²) in [6, 6.07) is 8.65. The molecular formula is C12H9Br2N3O. The molecule has 92 valence electrons. The molecule has 4 nitrogen and oxygen atoms in total. The Morgan fingerprint density at radius 1 is 1.22 bits per heavy atom. The number of benzene rings is 1. The quantitative estimate of drug-likeness (QED) is 0.850. The van der Waals surface area contributed by atoms with Gasteiger partial charge in [-0.25, -0.2) is 4.98 Å². The Bertz CT molecular complexity index is 602. The van der Waals surface area contributed by atoms with Crippen molar-refractivity contribution in [1.29, 1.82) is 0 Å². The van der Waals surface area contributed by atoms with E-state index in [9.17, 15) is 4.79 Å². The van der Waals surface area contributed by atoms with Crippen molar-refractivity contribution in [3.63, 3.8) is 0 Å². The molecule has 1 heterocycles. The molecule has 2 rings (SSSR count). The number of hydrogen-bond acceptors (Lipinski definition) is 3. The van der Waals surface area contributed by atoms with Gasteiger partial charge in [0.1, 0.15) is 5.82 Å². The number of nitrogens with two attached hydrogens (primary N) is 1. The third-order valence-corrected chi connectivity index (χ3v) is 3.37. The lowest BCUT2D eigenvalue weighted by Gasteiger charge is -2.08. The minimum absolute atomic E-state index is 0.230. The second-order valence-corrected chi connectivity index (χ2v) is 5.32. The lowest BCUT2D eigenvalue weighted by molar-refractivity contribution is 0.102. The second-order valence-electron chi connectivity index (χ2n) is 3.55. The SMILES string of the molecule is Nc1cc(C(=O)Nc2ccc(Br)cc2Br)ccn1. The molecule has 1 amide bonds. The smallest absolute Gasteiger partial charge is 0.255 e. The van der Waals surface area contributed by atoms with Gasteiger partial charge in [-0.3, -0.25) is 4.79 Å². The van der Waals surface area contributed by atoms with Crippen molar-refractivity contribution >= 4 is 49.3 Å². The van der Waals surface area contributed by atoms with Crippen LogP contribution < -0.4 is 11.1 Å². The van der Waals surface area contributed by atoms with E-state index in [2.05, 4.69) is 42.2 Å². The summed E-state index contributed by atoms with van der Waals surface area (Å²) in [4.78, 5) is 15.8. The molecule has 0 aliphatic rings. The molecule has 0 fully saturated rings. The molecular weight excluding hydrogens is 362 g/mol. The normalized spacial score (nSPS) is 10.1. The summed E-state index contributed by atoms with van der Waals surface area (Å²) in [5.41, 5.74) is 6.70. The van der Waals surface area contributed by atoms with Crippen molar-refractivity contribution in [2.75, 3.05) is 11.1 Å². The lowest BCUT2D eigenvalue weighted by atomic mass is 10.2. The van der Waals surface area contributed by atoms with E-state index in [1.807, 2.05) is 12.1 Å². The highest BCUT2D eigenvalue weighted by atomic mass is 79.9. The van der Waals surface area contributed by atoms with Crippen LogP contribution in [0.15, 0.2) is 45.5 Å². The van der Waals surface area contributed by atoms with Gasteiger partial charge in [0, 0.05) is 20.7 Å². The summed E-state index contributed by atoms with van der Waals surface area (Å²) < 4.78 is 1.73. The number of halogens is 2. The maximum Gasteiger partial charge on any atom is 0.255 e. The average molecular weight is 371 g/mol. The number of aromatic nitrogens is 1. The lowest BCUT2D eigenvalue weighted by Crippen LogP contribution is -2.12. The van der Waals surface area contributed by atoms with E-state index in [4.69, 9.17) is 5.73 Å². The van der Waals surface area contributed by atoms with Crippen LogP contribution in [0.1, 0.15) is 10.4 Å². The van der Waals surface area contributed by atoms with Crippen LogP contribution in [0, 0.1) is 0 Å². The van der Waals surface area contributed by atoms with Crippen LogP contribution in [0.2, 0.25) is 0 Å². The fourth-order valence-electron chi connectivity index (χ4n) is 1.37. The van der Waals surface area contributed by atoms with Crippen LogP contribution in [0.4, 0.5) is 11.5 Å². The van der Waals surface area contributed by atoms with Gasteiger partial charge >= 0.3 is 0 Å². The zero-order valence-electron chi connectivity index (χ0n) is 9.15. The fraction of sp³-hybridized carbons (Fsp3) is 0. The number of nitrogen functional groups attached to an aromatic ring is 1. The highest BCUT2D eigenvalue weighted by Gasteiger charge is 2.08. The van der Waals surface area contributed by atoms with E-state index >= 15 is 0 Å². The predicted octanol–water partition coefficient (Wildman–Crippen LogP) is 3.44. The van der Waals surface area contributed by atoms with Crippen LogP contribution in [0.5, 0.6) is 0 Å². The van der Waals surface area contributed by atoms with E-state index in [1.165, 1.54) is 12.3 Å². The molecule has 0 bridgehead atoms. The van der Waals surface area contributed by atoms with Gasteiger partial charge in [0.05, 0.1) is 5.69 Å². The molecule has 6 heteroatoms. The zero-order chi connectivity index (χ0) is 13.1. The number of amides is 1. The van der Waals surface area contributed by atoms with Gasteiger partial charge in [0.15, 0.2) is 0 Å². The Hall–Kier alpha value is -1.40. The van der Waals surface area contributed by atoms with Crippen LogP contribution in [-0.4, -0.2) is 10.9 Å². The molecule has 0 spiro atoms. The number of pyridine rings is 1. The topological polar surface area (TPSA) is 68.0 Å². The number of anilines is 2. The average Bonchev–Trinajstić information content (AvgIpc) is 2.32. The number of nitrogens with zero attached hydrogens (tertiary/aromatic N) is 1. The molecule has 1 aromatic carbocycles. The number of rotatable bonds is 2. The molecule has 1 aromatic heterocycles. The third kappa shape index (κ3) is 3.08. The summed E-state index contributed by atoms with van der Waals surface area (Å²) >= 11 is 6.73. The first kappa shape index (κ1) is 13.0. The molecule has 18 heavy (non-hydrogen) atoms. The van der Waals surface area contributed by atoms with Gasteiger partial charge in [-0.05, 0) is 46.3 Å². The Morgan fingerprint density at radius 3 is 2.67 bits per heavy atom. The van der Waals surface area contributed by atoms with Crippen molar-refractivity contribution in [1.82, 2.24) is 4.98 Å². The zero-order valence-corrected chi connectivity index (χ0v) is 12.3. The van der Waals surface area contributed by atoms with Gasteiger partial charge in [0.25, 0.3) is 5.91 Å². The minimum Gasteiger partial charge on any atom is -0.384 e. The fourth-order valence-corrected chi connectivity index (χ4v) is 2.52. The first-order valence-corrected chi connectivity index (χ1v) is 6.63. The summed E-state index contributed by atoms with van der Waals surface area (Å²) in [6.07, 6.45) is 1.50. The van der Waals surface area contributed by atoms with Crippen molar-refractivity contribution in [3.8, 4) is 0 Å². The Morgan fingerprint density at radius 2 is 2.00 bits per heavy atom. The van der Waals surface area contributed by atoms with Crippen molar-refractivity contribution in [3.05, 3.63) is 51.0 Å². The molecule has 3 N–H and O–H groups in total. The van der Waals surface area contributed by atoms with E-state index in [-0.39, 0.29) is 5.91 Å². The van der Waals surface area contributed by atoms with Crippen molar-refractivity contribution in [2.45, 2.75) is 0 Å². The van der Waals surface area contributed by atoms with Crippen LogP contribution in [0.25, 0.3) is 0 Å². The maximum atomic E-state index is 12.0. The molecule has 0 saturated heterocycles. The molecule has 0 radical (unpaired) electrons. The van der Waals surface area contributed by atoms with Gasteiger partial charge in [-0.15, -0.1) is 0 Å². The molecule has 2 aromatic rings. The highest BCUT2D eigenvalue weighted by Crippen LogP contribution is 2.26. The van der Waals surface area contributed by atoms with E-state index < -0.39 is 0 Å². The molecule has 0 aliphatic heterocycles. The second kappa shape index (κ2) is 5.49. The first-order chi connectivity index (χ1) is 8.56. The minimum atomic E-state index is -0.230. The molecule has 0 aliphatic carbocycles. The Balaban J connectivity index is 2.21. The third-order valence-electron chi connectivity index (χ3n) is 2.22. The first-order valence-electron chi connectivity index (χ1n) is 5.04. The maximum absolute atomic E-state index is 12.0. The largest absolute Gasteiger partial charge is 0.384 e. The Kier molecular flexibility index (Phi) is 3.98. The molecule has 0 saturated carbocycles. The van der Waals surface area contributed by atoms with Crippen LogP contribution >= 0.6 is 31.9 Å². The number of hydrogen-bond donors (Lipinski definition) is 2. The summed E-state index contributed by atoms with van der Waals surface area (Å²) in [6.45, 7) is 0. The summed E-state index contributed by atoms with van der Waals surface area (Å²) in [5.74, 6) is 0.0876. The van der Waals surface area contributed by atoms with E-state index in [0.29, 0.717) is 17.1 Å². The van der Waals surface area contributed by atoms with Gasteiger partial charge in [0.2, 0.25) is 0 Å². The van der Waals surface area contributed by atoms with Gasteiger partial charge < -0.3 is 11.1 Å². The highest BCUT2D eigenvalue weighted by molar-refractivity contribution is 9.11. The van der Waals surface area contributed by atoms with Gasteiger partial charge in [-0.2, -0.15) is 0 Å². The molecule has 0 unspecified atom stereocenters. The number of carbonyl (C=O) groups excluding carboxylic acids is 1. The van der Waals surface area contributed by atoms with Crippen LogP contribution in [-0.2, 0) is 0 Å². The Labute approximate surface area is 121 Å². The summed E-state index contributed by atoms with van der Waals surface area (Å²) in [5, 5.41) is 2.79. The molecule has 0 atom stereocenters. The number of carbonyl (C=O) groups is 1. The van der Waals surface area contributed by atoms with E-state index in [0.717, 1.165) is 8.95 Å². The van der Waals surface area contributed by atoms with E-state index in [1.54, 1.807) is 12.1 Å². The van der Waals surface area contributed by atoms with Gasteiger partial charge in [-0.1, -0.05) is 15.9 Å². The van der Waals surface area contributed by atoms with Crippen molar-refractivity contribution < 1.29 is 4.79 Å². The number of nitrogens with one attached hydrogen (secondary N) is 1. The van der Waals surface area contributed by atoms with Crippen molar-refractivity contribution in [2.24, 2.45) is 0 Å². The monoisotopic (exact) mass is 369 g/mol. The van der Waals surface area contributed by atoms with Crippen LogP contribution in [0.3, 0.4) is 0 Å². The summed E-state index contributed by atoms with van der Waals surface area (Å²) in [7, 11) is 0.